The van der Waals surface area contributed by atoms with Gasteiger partial charge in [-0.3, -0.25) is 18.7 Å². The van der Waals surface area contributed by atoms with Gasteiger partial charge in [-0.15, -0.1) is 0 Å². The van der Waals surface area contributed by atoms with Gasteiger partial charge in [0.15, 0.2) is 0 Å². The summed E-state index contributed by atoms with van der Waals surface area (Å²) in [6, 6.07) is 7.86. The average Bonchev–Trinajstić information content (AvgIpc) is 3.15. The van der Waals surface area contributed by atoms with Crippen molar-refractivity contribution in [3.8, 4) is 0 Å². The predicted molar refractivity (Wildman–Crippen MR) is 134 cm³/mol. The average molecular weight is 498 g/mol. The largest absolute Gasteiger partial charge is 0.332 e. The Labute approximate surface area is 202 Å². The lowest BCUT2D eigenvalue weighted by Gasteiger charge is -2.19. The first-order chi connectivity index (χ1) is 16.7. The van der Waals surface area contributed by atoms with Crippen molar-refractivity contribution in [1.82, 2.24) is 18.4 Å². The molecule has 1 aliphatic rings. The van der Waals surface area contributed by atoms with Gasteiger partial charge in [0.05, 0.1) is 22.2 Å². The van der Waals surface area contributed by atoms with E-state index in [4.69, 9.17) is 0 Å². The molecule has 0 aliphatic carbocycles. The van der Waals surface area contributed by atoms with Gasteiger partial charge >= 0.3 is 5.69 Å². The lowest BCUT2D eigenvalue weighted by atomic mass is 10.2. The fourth-order valence-electron chi connectivity index (χ4n) is 4.07. The number of anilines is 1. The summed E-state index contributed by atoms with van der Waals surface area (Å²) in [6.07, 6.45) is 8.07. The molecule has 3 aromatic rings. The number of benzene rings is 1. The van der Waals surface area contributed by atoms with Crippen LogP contribution in [0.4, 0.5) is 5.69 Å². The van der Waals surface area contributed by atoms with E-state index < -0.39 is 27.2 Å². The Kier molecular flexibility index (Phi) is 6.99. The Morgan fingerprint density at radius 2 is 1.66 bits per heavy atom. The number of nitrogens with zero attached hydrogens (tertiary/aromatic N) is 4. The van der Waals surface area contributed by atoms with Crippen LogP contribution in [0, 0.1) is 0 Å². The van der Waals surface area contributed by atoms with Crippen molar-refractivity contribution in [2.24, 2.45) is 14.1 Å². The van der Waals surface area contributed by atoms with Crippen LogP contribution in [0.1, 0.15) is 31.2 Å². The highest BCUT2D eigenvalue weighted by molar-refractivity contribution is 7.89. The smallest absolute Gasteiger partial charge is 0.321 e. The van der Waals surface area contributed by atoms with Gasteiger partial charge in [-0.05, 0) is 42.7 Å². The molecule has 1 amide bonds. The summed E-state index contributed by atoms with van der Waals surface area (Å²) in [5.74, 6) is -0.450. The molecule has 35 heavy (non-hydrogen) atoms. The first-order valence-corrected chi connectivity index (χ1v) is 12.8. The summed E-state index contributed by atoms with van der Waals surface area (Å²) in [5.41, 5.74) is 0.205. The first kappa shape index (κ1) is 24.6. The van der Waals surface area contributed by atoms with E-state index in [1.54, 1.807) is 34.6 Å². The van der Waals surface area contributed by atoms with Gasteiger partial charge in [0.25, 0.3) is 5.56 Å². The number of carbonyl (C=O) groups excluding carboxylic acids is 1. The molecule has 4 rings (SSSR count). The van der Waals surface area contributed by atoms with Gasteiger partial charge in [0.2, 0.25) is 15.9 Å². The van der Waals surface area contributed by atoms with Crippen LogP contribution in [0.2, 0.25) is 0 Å². The van der Waals surface area contributed by atoms with E-state index in [9.17, 15) is 22.8 Å². The lowest BCUT2D eigenvalue weighted by Crippen LogP contribution is -2.37. The number of nitrogens with one attached hydrogen (secondary N) is 1. The standard InChI is InChI=1S/C24H27N5O5S/c1-27-22-20(23(31)28(2)24(27)32)15-18(16-25-22)26-21(30)12-9-17-7-10-19(11-8-17)35(33,34)29-13-5-3-4-6-14-29/h7-12,15-16H,3-6,13-14H2,1-2H3,(H,26,30)/b12-9+. The summed E-state index contributed by atoms with van der Waals surface area (Å²) in [5, 5.41) is 2.85. The molecule has 3 heterocycles. The molecule has 1 aliphatic heterocycles. The first-order valence-electron chi connectivity index (χ1n) is 11.3. The van der Waals surface area contributed by atoms with Gasteiger partial charge < -0.3 is 5.32 Å². The van der Waals surface area contributed by atoms with Crippen LogP contribution in [0.25, 0.3) is 17.1 Å². The van der Waals surface area contributed by atoms with E-state index in [1.165, 1.54) is 37.0 Å². The summed E-state index contributed by atoms with van der Waals surface area (Å²) >= 11 is 0. The Morgan fingerprint density at radius 3 is 2.31 bits per heavy atom. The van der Waals surface area contributed by atoms with E-state index in [1.807, 2.05) is 0 Å². The summed E-state index contributed by atoms with van der Waals surface area (Å²) in [7, 11) is -0.636. The maximum absolute atomic E-state index is 12.9. The number of hydrogen-bond donors (Lipinski definition) is 1. The fourth-order valence-corrected chi connectivity index (χ4v) is 5.59. The van der Waals surface area contributed by atoms with E-state index in [0.29, 0.717) is 24.3 Å². The second kappa shape index (κ2) is 9.96. The number of aromatic nitrogens is 3. The lowest BCUT2D eigenvalue weighted by molar-refractivity contribution is -0.111. The molecule has 11 heteroatoms. The molecule has 0 atom stereocenters. The normalized spacial score (nSPS) is 15.4. The van der Waals surface area contributed by atoms with Crippen molar-refractivity contribution < 1.29 is 13.2 Å². The summed E-state index contributed by atoms with van der Waals surface area (Å²) < 4.78 is 29.6. The quantitative estimate of drug-likeness (QED) is 0.537. The number of fused-ring (bicyclic) bond motifs is 1. The molecule has 0 unspecified atom stereocenters. The second-order valence-corrected chi connectivity index (χ2v) is 10.4. The number of sulfonamides is 1. The molecule has 2 aromatic heterocycles. The highest BCUT2D eigenvalue weighted by Gasteiger charge is 2.24. The number of rotatable bonds is 5. The predicted octanol–water partition coefficient (Wildman–Crippen LogP) is 1.85. The molecule has 1 aromatic carbocycles. The Hall–Kier alpha value is -3.57. The molecule has 1 fully saturated rings. The molecule has 0 radical (unpaired) electrons. The highest BCUT2D eigenvalue weighted by Crippen LogP contribution is 2.21. The van der Waals surface area contributed by atoms with Gasteiger partial charge in [-0.1, -0.05) is 25.0 Å². The van der Waals surface area contributed by atoms with Gasteiger partial charge in [-0.25, -0.2) is 18.2 Å². The van der Waals surface area contributed by atoms with Crippen molar-refractivity contribution >= 4 is 38.7 Å². The third-order valence-electron chi connectivity index (χ3n) is 6.07. The topological polar surface area (TPSA) is 123 Å². The number of amides is 1. The molecule has 1 N–H and O–H groups in total. The third-order valence-corrected chi connectivity index (χ3v) is 7.98. The fraction of sp³-hybridized carbons (Fsp3) is 0.333. The van der Waals surface area contributed by atoms with Gasteiger partial charge in [-0.2, -0.15) is 4.31 Å². The molecular formula is C24H27N5O5S. The van der Waals surface area contributed by atoms with Crippen LogP contribution in [-0.2, 0) is 28.9 Å². The Bertz CT molecular complexity index is 1510. The zero-order valence-electron chi connectivity index (χ0n) is 19.6. The van der Waals surface area contributed by atoms with Crippen LogP contribution < -0.4 is 16.6 Å². The van der Waals surface area contributed by atoms with Crippen LogP contribution in [0.15, 0.2) is 57.1 Å². The molecule has 0 bridgehead atoms. The van der Waals surface area contributed by atoms with Crippen molar-refractivity contribution in [3.63, 3.8) is 0 Å². The molecule has 0 saturated carbocycles. The van der Waals surface area contributed by atoms with E-state index in [-0.39, 0.29) is 15.9 Å². The molecular weight excluding hydrogens is 470 g/mol. The Balaban J connectivity index is 1.47. The monoisotopic (exact) mass is 497 g/mol. The van der Waals surface area contributed by atoms with Crippen molar-refractivity contribution in [1.29, 1.82) is 0 Å². The number of hydrogen-bond acceptors (Lipinski definition) is 6. The van der Waals surface area contributed by atoms with Gasteiger partial charge in [0, 0.05) is 33.3 Å². The molecule has 184 valence electrons. The van der Waals surface area contributed by atoms with Crippen molar-refractivity contribution in [2.75, 3.05) is 18.4 Å². The van der Waals surface area contributed by atoms with E-state index >= 15 is 0 Å². The van der Waals surface area contributed by atoms with Crippen molar-refractivity contribution in [2.45, 2.75) is 30.6 Å². The van der Waals surface area contributed by atoms with Gasteiger partial charge in [0.1, 0.15) is 5.65 Å². The summed E-state index contributed by atoms with van der Waals surface area (Å²) in [6.45, 7) is 1.08. The van der Waals surface area contributed by atoms with Crippen LogP contribution in [0.5, 0.6) is 0 Å². The minimum atomic E-state index is -3.53. The van der Waals surface area contributed by atoms with Crippen LogP contribution in [-0.4, -0.2) is 45.8 Å². The SMILES string of the molecule is Cn1c(=O)c2cc(NC(=O)/C=C/c3ccc(S(=O)(=O)N4CCCCCC4)cc3)cnc2n(C)c1=O. The number of pyridine rings is 1. The molecule has 1 saturated heterocycles. The van der Waals surface area contributed by atoms with Crippen LogP contribution in [0.3, 0.4) is 0 Å². The zero-order valence-corrected chi connectivity index (χ0v) is 20.4. The molecule has 0 spiro atoms. The molecule has 10 nitrogen and oxygen atoms in total. The highest BCUT2D eigenvalue weighted by atomic mass is 32.2. The van der Waals surface area contributed by atoms with Crippen molar-refractivity contribution in [3.05, 3.63) is 69.0 Å². The third kappa shape index (κ3) is 5.10. The van der Waals surface area contributed by atoms with E-state index in [2.05, 4.69) is 10.3 Å². The number of aryl methyl sites for hydroxylation is 1. The maximum Gasteiger partial charge on any atom is 0.332 e. The Morgan fingerprint density at radius 1 is 1.00 bits per heavy atom. The maximum atomic E-state index is 12.9. The summed E-state index contributed by atoms with van der Waals surface area (Å²) in [4.78, 5) is 41.2. The second-order valence-electron chi connectivity index (χ2n) is 8.51. The van der Waals surface area contributed by atoms with E-state index in [0.717, 1.165) is 30.3 Å². The zero-order chi connectivity index (χ0) is 25.2. The number of carbonyl (C=O) groups is 1. The minimum absolute atomic E-state index is 0.206. The van der Waals surface area contributed by atoms with Crippen LogP contribution >= 0.6 is 0 Å². The minimum Gasteiger partial charge on any atom is -0.321 e.